The van der Waals surface area contributed by atoms with Gasteiger partial charge in [0.25, 0.3) is 0 Å². The molecule has 0 spiro atoms. The van der Waals surface area contributed by atoms with Gasteiger partial charge in [0.1, 0.15) is 6.04 Å². The van der Waals surface area contributed by atoms with E-state index in [1.54, 1.807) is 0 Å². The fourth-order valence-electron chi connectivity index (χ4n) is 2.01. The minimum Gasteiger partial charge on any atom is -0.468 e. The van der Waals surface area contributed by atoms with E-state index < -0.39 is 6.04 Å². The van der Waals surface area contributed by atoms with E-state index >= 15 is 0 Å². The Labute approximate surface area is 79.6 Å². The van der Waals surface area contributed by atoms with Crippen LogP contribution in [0.3, 0.4) is 0 Å². The standard InChI is InChI=1S/C10H19NO2/c1-9(2,3)10(5-6-10)7(11)8(12)13-4/h7H,5-6,11H2,1-4H3. The lowest BCUT2D eigenvalue weighted by atomic mass is 9.73. The van der Waals surface area contributed by atoms with Crippen LogP contribution in [-0.2, 0) is 9.53 Å². The highest BCUT2D eigenvalue weighted by molar-refractivity contribution is 5.77. The van der Waals surface area contributed by atoms with Gasteiger partial charge in [0.2, 0.25) is 0 Å². The van der Waals surface area contributed by atoms with Crippen LogP contribution >= 0.6 is 0 Å². The van der Waals surface area contributed by atoms with Crippen molar-refractivity contribution in [1.29, 1.82) is 0 Å². The Kier molecular flexibility index (Phi) is 2.41. The fourth-order valence-corrected chi connectivity index (χ4v) is 2.01. The molecule has 1 saturated carbocycles. The molecule has 13 heavy (non-hydrogen) atoms. The predicted molar refractivity (Wildman–Crippen MR) is 51.1 cm³/mol. The van der Waals surface area contributed by atoms with Gasteiger partial charge in [0.05, 0.1) is 7.11 Å². The van der Waals surface area contributed by atoms with E-state index in [4.69, 9.17) is 5.73 Å². The van der Waals surface area contributed by atoms with Crippen LogP contribution in [0.1, 0.15) is 33.6 Å². The Bertz CT molecular complexity index is 213. The van der Waals surface area contributed by atoms with Crippen molar-refractivity contribution in [3.63, 3.8) is 0 Å². The first-order valence-electron chi connectivity index (χ1n) is 4.68. The molecule has 0 aliphatic heterocycles. The van der Waals surface area contributed by atoms with Gasteiger partial charge in [-0.05, 0) is 18.3 Å². The molecule has 0 saturated heterocycles. The third-order valence-electron chi connectivity index (χ3n) is 3.33. The maximum absolute atomic E-state index is 11.3. The Morgan fingerprint density at radius 1 is 1.46 bits per heavy atom. The topological polar surface area (TPSA) is 52.3 Å². The number of carbonyl (C=O) groups excluding carboxylic acids is 1. The minimum absolute atomic E-state index is 0.0277. The Hall–Kier alpha value is -0.570. The highest BCUT2D eigenvalue weighted by atomic mass is 16.5. The second-order valence-electron chi connectivity index (χ2n) is 4.91. The predicted octanol–water partition coefficient (Wildman–Crippen LogP) is 1.31. The summed E-state index contributed by atoms with van der Waals surface area (Å²) in [4.78, 5) is 11.3. The summed E-state index contributed by atoms with van der Waals surface area (Å²) in [6.45, 7) is 6.38. The molecule has 3 heteroatoms. The number of ether oxygens (including phenoxy) is 1. The summed E-state index contributed by atoms with van der Waals surface area (Å²) in [6, 6.07) is -0.461. The van der Waals surface area contributed by atoms with E-state index in [0.29, 0.717) is 0 Å². The van der Waals surface area contributed by atoms with Crippen molar-refractivity contribution < 1.29 is 9.53 Å². The van der Waals surface area contributed by atoms with E-state index in [-0.39, 0.29) is 16.8 Å². The Morgan fingerprint density at radius 3 is 2.15 bits per heavy atom. The first kappa shape index (κ1) is 10.5. The van der Waals surface area contributed by atoms with Crippen molar-refractivity contribution in [2.24, 2.45) is 16.6 Å². The molecule has 76 valence electrons. The summed E-state index contributed by atoms with van der Waals surface area (Å²) >= 11 is 0. The molecule has 0 aromatic rings. The number of carbonyl (C=O) groups is 1. The van der Waals surface area contributed by atoms with Gasteiger partial charge in [-0.15, -0.1) is 0 Å². The van der Waals surface area contributed by atoms with E-state index in [1.807, 2.05) is 0 Å². The molecule has 0 bridgehead atoms. The lowest BCUT2D eigenvalue weighted by Gasteiger charge is -2.34. The molecule has 3 nitrogen and oxygen atoms in total. The molecular weight excluding hydrogens is 166 g/mol. The first-order valence-corrected chi connectivity index (χ1v) is 4.68. The van der Waals surface area contributed by atoms with Crippen molar-refractivity contribution in [2.75, 3.05) is 7.11 Å². The third kappa shape index (κ3) is 1.57. The monoisotopic (exact) mass is 185 g/mol. The van der Waals surface area contributed by atoms with E-state index in [0.717, 1.165) is 12.8 Å². The summed E-state index contributed by atoms with van der Waals surface area (Å²) in [7, 11) is 1.39. The van der Waals surface area contributed by atoms with Gasteiger partial charge < -0.3 is 10.5 Å². The quantitative estimate of drug-likeness (QED) is 0.660. The molecule has 0 radical (unpaired) electrons. The number of nitrogens with two attached hydrogens (primary N) is 1. The number of rotatable bonds is 2. The van der Waals surface area contributed by atoms with Crippen molar-refractivity contribution in [3.05, 3.63) is 0 Å². The molecule has 0 aromatic heterocycles. The lowest BCUT2D eigenvalue weighted by molar-refractivity contribution is -0.145. The van der Waals surface area contributed by atoms with Crippen LogP contribution < -0.4 is 5.73 Å². The molecule has 1 rings (SSSR count). The van der Waals surface area contributed by atoms with Gasteiger partial charge >= 0.3 is 5.97 Å². The van der Waals surface area contributed by atoms with Crippen LogP contribution in [0.15, 0.2) is 0 Å². The summed E-state index contributed by atoms with van der Waals surface area (Å²) in [5, 5.41) is 0. The first-order chi connectivity index (χ1) is 5.85. The van der Waals surface area contributed by atoms with Gasteiger partial charge in [0.15, 0.2) is 0 Å². The van der Waals surface area contributed by atoms with E-state index in [9.17, 15) is 4.79 Å². The van der Waals surface area contributed by atoms with Crippen molar-refractivity contribution >= 4 is 5.97 Å². The smallest absolute Gasteiger partial charge is 0.323 e. The van der Waals surface area contributed by atoms with Crippen LogP contribution in [0.4, 0.5) is 0 Å². The van der Waals surface area contributed by atoms with Gasteiger partial charge in [0, 0.05) is 5.41 Å². The Balaban J connectivity index is 2.77. The van der Waals surface area contributed by atoms with Gasteiger partial charge in [-0.25, -0.2) is 0 Å². The molecule has 1 atom stereocenters. The van der Waals surface area contributed by atoms with Gasteiger partial charge in [-0.2, -0.15) is 0 Å². The fraction of sp³-hybridized carbons (Fsp3) is 0.900. The normalized spacial score (nSPS) is 22.2. The van der Waals surface area contributed by atoms with Crippen molar-refractivity contribution in [1.82, 2.24) is 0 Å². The highest BCUT2D eigenvalue weighted by Gasteiger charge is 2.58. The third-order valence-corrected chi connectivity index (χ3v) is 3.33. The van der Waals surface area contributed by atoms with Crippen LogP contribution in [0.5, 0.6) is 0 Å². The van der Waals surface area contributed by atoms with E-state index in [1.165, 1.54) is 7.11 Å². The SMILES string of the molecule is COC(=O)C(N)C1(C(C)(C)C)CC1. The zero-order valence-electron chi connectivity index (χ0n) is 8.89. The van der Waals surface area contributed by atoms with Crippen molar-refractivity contribution in [3.8, 4) is 0 Å². The number of esters is 1. The molecule has 1 aliphatic carbocycles. The number of methoxy groups -OCH3 is 1. The molecule has 1 aliphatic rings. The number of hydrogen-bond donors (Lipinski definition) is 1. The largest absolute Gasteiger partial charge is 0.468 e. The zero-order chi connectivity index (χ0) is 10.3. The van der Waals surface area contributed by atoms with E-state index in [2.05, 4.69) is 25.5 Å². The highest BCUT2D eigenvalue weighted by Crippen LogP contribution is 2.60. The molecule has 0 heterocycles. The van der Waals surface area contributed by atoms with Gasteiger partial charge in [-0.1, -0.05) is 20.8 Å². The summed E-state index contributed by atoms with van der Waals surface area (Å²) in [5.41, 5.74) is 5.94. The summed E-state index contributed by atoms with van der Waals surface area (Å²) in [5.74, 6) is -0.285. The van der Waals surface area contributed by atoms with Crippen LogP contribution in [0.2, 0.25) is 0 Å². The second-order valence-corrected chi connectivity index (χ2v) is 4.91. The average Bonchev–Trinajstić information content (AvgIpc) is 2.80. The Morgan fingerprint density at radius 2 is 1.92 bits per heavy atom. The lowest BCUT2D eigenvalue weighted by Crippen LogP contribution is -2.46. The molecule has 0 amide bonds. The zero-order valence-corrected chi connectivity index (χ0v) is 8.89. The van der Waals surface area contributed by atoms with Crippen LogP contribution in [0, 0.1) is 10.8 Å². The minimum atomic E-state index is -0.461. The maximum atomic E-state index is 11.3. The van der Waals surface area contributed by atoms with Crippen molar-refractivity contribution in [2.45, 2.75) is 39.7 Å². The molecular formula is C10H19NO2. The summed E-state index contributed by atoms with van der Waals surface area (Å²) < 4.78 is 4.67. The molecule has 0 aromatic carbocycles. The van der Waals surface area contributed by atoms with Crippen LogP contribution in [-0.4, -0.2) is 19.1 Å². The molecule has 1 fully saturated rings. The average molecular weight is 185 g/mol. The summed E-state index contributed by atoms with van der Waals surface area (Å²) in [6.07, 6.45) is 2.07. The number of hydrogen-bond acceptors (Lipinski definition) is 3. The second kappa shape index (κ2) is 2.98. The molecule has 1 unspecified atom stereocenters. The van der Waals surface area contributed by atoms with Gasteiger partial charge in [-0.3, -0.25) is 4.79 Å². The maximum Gasteiger partial charge on any atom is 0.323 e. The molecule has 2 N–H and O–H groups in total. The van der Waals surface area contributed by atoms with Crippen LogP contribution in [0.25, 0.3) is 0 Å².